The van der Waals surface area contributed by atoms with Gasteiger partial charge in [-0.15, -0.1) is 0 Å². The van der Waals surface area contributed by atoms with E-state index in [1.54, 1.807) is 0 Å². The molecule has 1 fully saturated rings. The Balaban J connectivity index is 1.71. The lowest BCUT2D eigenvalue weighted by Gasteiger charge is -2.23. The van der Waals surface area contributed by atoms with Crippen LogP contribution < -0.4 is 5.32 Å². The number of rotatable bonds is 4. The number of hydrogen-bond donors (Lipinski definition) is 0. The Bertz CT molecular complexity index is 373. The topological polar surface area (TPSA) is 43.6 Å². The van der Waals surface area contributed by atoms with Gasteiger partial charge < -0.3 is 4.74 Å². The summed E-state index contributed by atoms with van der Waals surface area (Å²) < 4.78 is 5.30. The van der Waals surface area contributed by atoms with E-state index in [0.717, 1.165) is 44.6 Å². The predicted molar refractivity (Wildman–Crippen MR) is 73.8 cm³/mol. The average Bonchev–Trinajstić information content (AvgIpc) is 2.41. The van der Waals surface area contributed by atoms with Crippen LogP contribution in [0.5, 0.6) is 0 Å². The summed E-state index contributed by atoms with van der Waals surface area (Å²) >= 11 is 0. The summed E-state index contributed by atoms with van der Waals surface area (Å²) in [5, 5.41) is 4.38. The summed E-state index contributed by atoms with van der Waals surface area (Å²) in [4.78, 5) is 14.0. The zero-order chi connectivity index (χ0) is 13.3. The Hall–Kier alpha value is -1.39. The second-order valence-electron chi connectivity index (χ2n) is 4.80. The molecule has 1 radical (unpaired) electrons. The van der Waals surface area contributed by atoms with Crippen LogP contribution in [-0.4, -0.2) is 43.6 Å². The molecule has 0 amide bonds. The second kappa shape index (κ2) is 7.92. The number of hydrogen-bond acceptors (Lipinski definition) is 3. The minimum Gasteiger partial charge on any atom is -0.460 e. The molecule has 0 bridgehead atoms. The van der Waals surface area contributed by atoms with Gasteiger partial charge in [-0.3, -0.25) is 9.69 Å². The molecule has 2 rings (SSSR count). The molecule has 1 saturated heterocycles. The van der Waals surface area contributed by atoms with Crippen molar-refractivity contribution in [1.82, 2.24) is 10.2 Å². The highest BCUT2D eigenvalue weighted by atomic mass is 16.5. The average molecular weight is 261 g/mol. The van der Waals surface area contributed by atoms with Crippen LogP contribution in [0.25, 0.3) is 0 Å². The fourth-order valence-electron chi connectivity index (χ4n) is 2.16. The Labute approximate surface area is 114 Å². The molecule has 4 nitrogen and oxygen atoms in total. The Morgan fingerprint density at radius 1 is 1.16 bits per heavy atom. The maximum absolute atomic E-state index is 11.8. The van der Waals surface area contributed by atoms with E-state index in [9.17, 15) is 4.79 Å². The summed E-state index contributed by atoms with van der Waals surface area (Å²) in [6, 6.07) is 9.78. The first-order valence-corrected chi connectivity index (χ1v) is 6.90. The van der Waals surface area contributed by atoms with Crippen molar-refractivity contribution < 1.29 is 9.53 Å². The van der Waals surface area contributed by atoms with Crippen LogP contribution in [0.1, 0.15) is 18.4 Å². The minimum atomic E-state index is -0.138. The van der Waals surface area contributed by atoms with Crippen LogP contribution in [0.15, 0.2) is 30.3 Å². The van der Waals surface area contributed by atoms with Gasteiger partial charge in [-0.25, -0.2) is 5.32 Å². The predicted octanol–water partition coefficient (Wildman–Crippen LogP) is 1.43. The summed E-state index contributed by atoms with van der Waals surface area (Å²) in [5.41, 5.74) is 1.03. The summed E-state index contributed by atoms with van der Waals surface area (Å²) in [6.07, 6.45) is 2.07. The highest BCUT2D eigenvalue weighted by molar-refractivity contribution is 5.71. The van der Waals surface area contributed by atoms with Gasteiger partial charge in [0.05, 0.1) is 6.54 Å². The first kappa shape index (κ1) is 14.0. The van der Waals surface area contributed by atoms with Crippen LogP contribution in [0, 0.1) is 0 Å². The molecule has 0 unspecified atom stereocenters. The third-order valence-corrected chi connectivity index (χ3v) is 3.18. The minimum absolute atomic E-state index is 0.138. The van der Waals surface area contributed by atoms with Gasteiger partial charge in [0.1, 0.15) is 6.61 Å². The molecular weight excluding hydrogens is 240 g/mol. The van der Waals surface area contributed by atoms with E-state index in [0.29, 0.717) is 13.2 Å². The summed E-state index contributed by atoms with van der Waals surface area (Å²) in [7, 11) is 0. The molecule has 4 heteroatoms. The van der Waals surface area contributed by atoms with Crippen LogP contribution in [-0.2, 0) is 16.1 Å². The molecule has 0 spiro atoms. The molecule has 1 aromatic rings. The molecule has 19 heavy (non-hydrogen) atoms. The van der Waals surface area contributed by atoms with Crippen molar-refractivity contribution in [3.63, 3.8) is 0 Å². The van der Waals surface area contributed by atoms with Crippen molar-refractivity contribution in [2.45, 2.75) is 19.4 Å². The van der Waals surface area contributed by atoms with Gasteiger partial charge in [0, 0.05) is 26.2 Å². The zero-order valence-electron chi connectivity index (χ0n) is 11.3. The molecule has 103 valence electrons. The van der Waals surface area contributed by atoms with Gasteiger partial charge in [0.25, 0.3) is 0 Å². The van der Waals surface area contributed by atoms with Gasteiger partial charge in [-0.2, -0.15) is 0 Å². The Morgan fingerprint density at radius 2 is 1.84 bits per heavy atom. The number of carbonyl (C=O) groups excluding carboxylic acids is 1. The smallest absolute Gasteiger partial charge is 0.320 e. The molecular formula is C15H21N2O2. The van der Waals surface area contributed by atoms with Gasteiger partial charge in [-0.05, 0) is 18.4 Å². The summed E-state index contributed by atoms with van der Waals surface area (Å²) in [5.74, 6) is -0.138. The monoisotopic (exact) mass is 261 g/mol. The quantitative estimate of drug-likeness (QED) is 0.770. The van der Waals surface area contributed by atoms with Gasteiger partial charge in [-0.1, -0.05) is 30.3 Å². The van der Waals surface area contributed by atoms with E-state index in [-0.39, 0.29) is 5.97 Å². The van der Waals surface area contributed by atoms with Crippen LogP contribution in [0.4, 0.5) is 0 Å². The first-order valence-electron chi connectivity index (χ1n) is 6.90. The van der Waals surface area contributed by atoms with Gasteiger partial charge >= 0.3 is 5.97 Å². The fraction of sp³-hybridized carbons (Fsp3) is 0.533. The van der Waals surface area contributed by atoms with E-state index in [1.165, 1.54) is 0 Å². The van der Waals surface area contributed by atoms with Crippen molar-refractivity contribution in [2.24, 2.45) is 0 Å². The third kappa shape index (κ3) is 5.41. The highest BCUT2D eigenvalue weighted by Gasteiger charge is 2.13. The molecule has 0 aliphatic carbocycles. The fourth-order valence-corrected chi connectivity index (χ4v) is 2.16. The largest absolute Gasteiger partial charge is 0.460 e. The maximum atomic E-state index is 11.8. The Kier molecular flexibility index (Phi) is 5.85. The number of ether oxygens (including phenoxy) is 1. The van der Waals surface area contributed by atoms with Crippen LogP contribution >= 0.6 is 0 Å². The lowest BCUT2D eigenvalue weighted by molar-refractivity contribution is -0.146. The van der Waals surface area contributed by atoms with Crippen molar-refractivity contribution in [2.75, 3.05) is 32.7 Å². The molecule has 1 aliphatic rings. The van der Waals surface area contributed by atoms with Gasteiger partial charge in [0.15, 0.2) is 0 Å². The number of carbonyl (C=O) groups is 1. The van der Waals surface area contributed by atoms with Crippen molar-refractivity contribution >= 4 is 5.97 Å². The molecule has 1 aliphatic heterocycles. The molecule has 0 N–H and O–H groups in total. The SMILES string of the molecule is O=C(CN1CCC[N]CCC1)OCc1ccccc1. The third-order valence-electron chi connectivity index (χ3n) is 3.18. The maximum Gasteiger partial charge on any atom is 0.320 e. The van der Waals surface area contributed by atoms with Crippen molar-refractivity contribution in [3.05, 3.63) is 35.9 Å². The van der Waals surface area contributed by atoms with Crippen LogP contribution in [0.2, 0.25) is 0 Å². The molecule has 1 aromatic carbocycles. The summed E-state index contributed by atoms with van der Waals surface area (Å²) in [6.45, 7) is 4.45. The van der Waals surface area contributed by atoms with E-state index in [2.05, 4.69) is 10.2 Å². The molecule has 1 heterocycles. The van der Waals surface area contributed by atoms with Crippen molar-refractivity contribution in [3.8, 4) is 0 Å². The van der Waals surface area contributed by atoms with Crippen LogP contribution in [0.3, 0.4) is 0 Å². The molecule has 0 atom stereocenters. The normalized spacial score (nSPS) is 17.5. The number of esters is 1. The molecule has 0 saturated carbocycles. The Morgan fingerprint density at radius 3 is 2.53 bits per heavy atom. The standard InChI is InChI=1S/C15H21N2O2/c18-15(19-13-14-6-2-1-3-7-14)12-17-10-4-8-16-9-5-11-17/h1-3,6-7H,4-5,8-13H2. The van der Waals surface area contributed by atoms with Gasteiger partial charge in [0.2, 0.25) is 0 Å². The lowest BCUT2D eigenvalue weighted by atomic mass is 10.2. The number of nitrogens with zero attached hydrogens (tertiary/aromatic N) is 2. The highest BCUT2D eigenvalue weighted by Crippen LogP contribution is 2.03. The lowest BCUT2D eigenvalue weighted by Crippen LogP contribution is -2.36. The van der Waals surface area contributed by atoms with E-state index < -0.39 is 0 Å². The van der Waals surface area contributed by atoms with E-state index in [4.69, 9.17) is 4.74 Å². The van der Waals surface area contributed by atoms with E-state index in [1.807, 2.05) is 30.3 Å². The number of benzene rings is 1. The van der Waals surface area contributed by atoms with Crippen molar-refractivity contribution in [1.29, 1.82) is 0 Å². The second-order valence-corrected chi connectivity index (χ2v) is 4.80. The first-order chi connectivity index (χ1) is 9.34. The van der Waals surface area contributed by atoms with E-state index >= 15 is 0 Å². The zero-order valence-corrected chi connectivity index (χ0v) is 11.3. The molecule has 0 aromatic heterocycles.